The van der Waals surface area contributed by atoms with Gasteiger partial charge < -0.3 is 10.1 Å². The van der Waals surface area contributed by atoms with Gasteiger partial charge in [-0.2, -0.15) is 0 Å². The summed E-state index contributed by atoms with van der Waals surface area (Å²) in [6.45, 7) is 3.36. The highest BCUT2D eigenvalue weighted by Crippen LogP contribution is 2.24. The van der Waals surface area contributed by atoms with Crippen molar-refractivity contribution in [2.45, 2.75) is 13.8 Å². The SMILES string of the molecule is COc1ccccc1N/C(C)=C/C(C)=O. The Balaban J connectivity index is 2.84. The summed E-state index contributed by atoms with van der Waals surface area (Å²) < 4.78 is 5.18. The molecule has 0 unspecified atom stereocenters. The molecule has 0 aromatic heterocycles. The highest BCUT2D eigenvalue weighted by molar-refractivity contribution is 5.88. The first-order valence-corrected chi connectivity index (χ1v) is 4.72. The molecular formula is C12H15NO2. The molecule has 0 saturated carbocycles. The van der Waals surface area contributed by atoms with Crippen LogP contribution < -0.4 is 10.1 Å². The number of nitrogens with one attached hydrogen (secondary N) is 1. The van der Waals surface area contributed by atoms with E-state index in [0.29, 0.717) is 0 Å². The Morgan fingerprint density at radius 3 is 2.60 bits per heavy atom. The van der Waals surface area contributed by atoms with E-state index in [0.717, 1.165) is 17.1 Å². The summed E-state index contributed by atoms with van der Waals surface area (Å²) in [5, 5.41) is 3.11. The molecule has 1 aromatic rings. The van der Waals surface area contributed by atoms with Crippen LogP contribution in [0, 0.1) is 0 Å². The first kappa shape index (κ1) is 11.3. The smallest absolute Gasteiger partial charge is 0.154 e. The Hall–Kier alpha value is -1.77. The van der Waals surface area contributed by atoms with Gasteiger partial charge in [0, 0.05) is 5.70 Å². The van der Waals surface area contributed by atoms with Crippen molar-refractivity contribution in [3.05, 3.63) is 36.0 Å². The predicted octanol–water partition coefficient (Wildman–Crippen LogP) is 2.60. The fourth-order valence-electron chi connectivity index (χ4n) is 1.30. The zero-order valence-electron chi connectivity index (χ0n) is 9.20. The fraction of sp³-hybridized carbons (Fsp3) is 0.250. The average molecular weight is 205 g/mol. The summed E-state index contributed by atoms with van der Waals surface area (Å²) in [6.07, 6.45) is 1.55. The van der Waals surface area contributed by atoms with Crippen LogP contribution in [-0.2, 0) is 4.79 Å². The normalized spacial score (nSPS) is 11.0. The largest absolute Gasteiger partial charge is 0.495 e. The molecule has 0 aliphatic carbocycles. The van der Waals surface area contributed by atoms with Gasteiger partial charge in [-0.05, 0) is 32.1 Å². The molecule has 1 N–H and O–H groups in total. The zero-order chi connectivity index (χ0) is 11.3. The van der Waals surface area contributed by atoms with Gasteiger partial charge in [0.25, 0.3) is 0 Å². The molecule has 0 radical (unpaired) electrons. The number of rotatable bonds is 4. The van der Waals surface area contributed by atoms with Gasteiger partial charge in [-0.3, -0.25) is 4.79 Å². The van der Waals surface area contributed by atoms with Gasteiger partial charge in [0.1, 0.15) is 5.75 Å². The van der Waals surface area contributed by atoms with Gasteiger partial charge in [-0.15, -0.1) is 0 Å². The number of hydrogen-bond donors (Lipinski definition) is 1. The highest BCUT2D eigenvalue weighted by Gasteiger charge is 2.00. The summed E-state index contributed by atoms with van der Waals surface area (Å²) in [7, 11) is 1.62. The van der Waals surface area contributed by atoms with Crippen LogP contribution in [0.5, 0.6) is 5.75 Å². The number of methoxy groups -OCH3 is 1. The quantitative estimate of drug-likeness (QED) is 0.768. The number of carbonyl (C=O) groups excluding carboxylic acids is 1. The molecule has 0 atom stereocenters. The zero-order valence-corrected chi connectivity index (χ0v) is 9.20. The number of benzene rings is 1. The van der Waals surface area contributed by atoms with Crippen molar-refractivity contribution in [2.24, 2.45) is 0 Å². The third-order valence-corrected chi connectivity index (χ3v) is 1.86. The maximum absolute atomic E-state index is 10.9. The molecule has 0 heterocycles. The number of allylic oxidation sites excluding steroid dienone is 2. The highest BCUT2D eigenvalue weighted by atomic mass is 16.5. The Morgan fingerprint density at radius 1 is 1.33 bits per heavy atom. The molecule has 0 saturated heterocycles. The van der Waals surface area contributed by atoms with E-state index in [1.54, 1.807) is 13.2 Å². The van der Waals surface area contributed by atoms with Crippen LogP contribution in [0.3, 0.4) is 0 Å². The number of hydrogen-bond acceptors (Lipinski definition) is 3. The topological polar surface area (TPSA) is 38.3 Å². The molecule has 1 rings (SSSR count). The van der Waals surface area contributed by atoms with Crippen molar-refractivity contribution in [1.82, 2.24) is 0 Å². The minimum Gasteiger partial charge on any atom is -0.495 e. The molecule has 0 spiro atoms. The summed E-state index contributed by atoms with van der Waals surface area (Å²) in [5.74, 6) is 0.781. The van der Waals surface area contributed by atoms with Crippen LogP contribution in [0.25, 0.3) is 0 Å². The second kappa shape index (κ2) is 5.20. The van der Waals surface area contributed by atoms with E-state index in [4.69, 9.17) is 4.74 Å². The Bertz CT molecular complexity index is 383. The Morgan fingerprint density at radius 2 is 2.00 bits per heavy atom. The fourth-order valence-corrected chi connectivity index (χ4v) is 1.30. The van der Waals surface area contributed by atoms with Gasteiger partial charge in [0.15, 0.2) is 5.78 Å². The third-order valence-electron chi connectivity index (χ3n) is 1.86. The second-order valence-corrected chi connectivity index (χ2v) is 3.26. The number of para-hydroxylation sites is 2. The molecule has 1 aromatic carbocycles. The van der Waals surface area contributed by atoms with Gasteiger partial charge in [0.05, 0.1) is 12.8 Å². The lowest BCUT2D eigenvalue weighted by Crippen LogP contribution is -2.00. The molecule has 0 fully saturated rings. The Kier molecular flexibility index (Phi) is 3.92. The monoisotopic (exact) mass is 205 g/mol. The van der Waals surface area contributed by atoms with Gasteiger partial charge >= 0.3 is 0 Å². The maximum Gasteiger partial charge on any atom is 0.154 e. The standard InChI is InChI=1S/C12H15NO2/c1-9(8-10(2)14)13-11-6-4-5-7-12(11)15-3/h4-8,13H,1-3H3/b9-8+. The van der Waals surface area contributed by atoms with Crippen molar-refractivity contribution in [3.8, 4) is 5.75 Å². The molecule has 3 heteroatoms. The number of ether oxygens (including phenoxy) is 1. The molecular weight excluding hydrogens is 190 g/mol. The van der Waals surface area contributed by atoms with E-state index in [1.165, 1.54) is 6.92 Å². The van der Waals surface area contributed by atoms with Gasteiger partial charge in [0.2, 0.25) is 0 Å². The van der Waals surface area contributed by atoms with Crippen LogP contribution in [0.1, 0.15) is 13.8 Å². The molecule has 80 valence electrons. The van der Waals surface area contributed by atoms with Crippen molar-refractivity contribution in [2.75, 3.05) is 12.4 Å². The van der Waals surface area contributed by atoms with Crippen molar-refractivity contribution in [1.29, 1.82) is 0 Å². The first-order valence-electron chi connectivity index (χ1n) is 4.72. The lowest BCUT2D eigenvalue weighted by atomic mass is 10.2. The van der Waals surface area contributed by atoms with E-state index in [1.807, 2.05) is 31.2 Å². The maximum atomic E-state index is 10.9. The molecule has 0 aliphatic heterocycles. The summed E-state index contributed by atoms with van der Waals surface area (Å²) in [6, 6.07) is 7.57. The van der Waals surface area contributed by atoms with E-state index in [2.05, 4.69) is 5.32 Å². The summed E-state index contributed by atoms with van der Waals surface area (Å²) in [5.41, 5.74) is 1.65. The van der Waals surface area contributed by atoms with Gasteiger partial charge in [-0.25, -0.2) is 0 Å². The molecule has 15 heavy (non-hydrogen) atoms. The molecule has 3 nitrogen and oxygen atoms in total. The van der Waals surface area contributed by atoms with E-state index < -0.39 is 0 Å². The summed E-state index contributed by atoms with van der Waals surface area (Å²) in [4.78, 5) is 10.9. The number of anilines is 1. The molecule has 0 aliphatic rings. The van der Waals surface area contributed by atoms with Gasteiger partial charge in [-0.1, -0.05) is 12.1 Å². The third kappa shape index (κ3) is 3.46. The van der Waals surface area contributed by atoms with Crippen LogP contribution in [0.15, 0.2) is 36.0 Å². The van der Waals surface area contributed by atoms with Crippen LogP contribution in [0.4, 0.5) is 5.69 Å². The van der Waals surface area contributed by atoms with Crippen LogP contribution in [0.2, 0.25) is 0 Å². The van der Waals surface area contributed by atoms with E-state index in [-0.39, 0.29) is 5.78 Å². The van der Waals surface area contributed by atoms with Crippen molar-refractivity contribution in [3.63, 3.8) is 0 Å². The van der Waals surface area contributed by atoms with Crippen LogP contribution in [-0.4, -0.2) is 12.9 Å². The number of carbonyl (C=O) groups is 1. The Labute approximate surface area is 89.8 Å². The number of ketones is 1. The van der Waals surface area contributed by atoms with Crippen LogP contribution >= 0.6 is 0 Å². The van der Waals surface area contributed by atoms with E-state index >= 15 is 0 Å². The lowest BCUT2D eigenvalue weighted by molar-refractivity contribution is -0.112. The average Bonchev–Trinajstić information content (AvgIpc) is 2.17. The molecule has 0 bridgehead atoms. The lowest BCUT2D eigenvalue weighted by Gasteiger charge is -2.10. The molecule has 0 amide bonds. The van der Waals surface area contributed by atoms with Crippen molar-refractivity contribution >= 4 is 11.5 Å². The minimum absolute atomic E-state index is 0.0231. The predicted molar refractivity (Wildman–Crippen MR) is 61.1 cm³/mol. The van der Waals surface area contributed by atoms with E-state index in [9.17, 15) is 4.79 Å². The first-order chi connectivity index (χ1) is 7.13. The summed E-state index contributed by atoms with van der Waals surface area (Å²) >= 11 is 0. The minimum atomic E-state index is 0.0231. The van der Waals surface area contributed by atoms with Crippen molar-refractivity contribution < 1.29 is 9.53 Å². The second-order valence-electron chi connectivity index (χ2n) is 3.26.